The maximum Gasteiger partial charge on any atom is 0.153 e. The molecule has 0 saturated carbocycles. The smallest absolute Gasteiger partial charge is 0.153 e. The molecule has 3 N–H and O–H groups in total. The highest BCUT2D eigenvalue weighted by Gasteiger charge is 2.23. The van der Waals surface area contributed by atoms with Gasteiger partial charge in [0.15, 0.2) is 5.82 Å². The molecule has 0 fully saturated rings. The second-order valence-corrected chi connectivity index (χ2v) is 5.55. The molecule has 0 aliphatic heterocycles. The average molecular weight is 250 g/mol. The number of nitrogen functional groups attached to an aromatic ring is 1. The molecule has 0 unspecified atom stereocenters. The van der Waals surface area contributed by atoms with Crippen molar-refractivity contribution in [2.75, 3.05) is 5.73 Å². The van der Waals surface area contributed by atoms with Crippen LogP contribution in [0.15, 0.2) is 24.3 Å². The van der Waals surface area contributed by atoms with E-state index in [0.717, 1.165) is 16.8 Å². The first-order valence-electron chi connectivity index (χ1n) is 5.50. The number of anilines is 1. The van der Waals surface area contributed by atoms with Gasteiger partial charge in [-0.15, -0.1) is 0 Å². The number of nitrogens with one attached hydrogen (secondary N) is 1. The zero-order valence-corrected chi connectivity index (χ0v) is 11.0. The van der Waals surface area contributed by atoms with Crippen molar-refractivity contribution in [2.45, 2.75) is 26.2 Å². The minimum absolute atomic E-state index is 0.0282. The Bertz CT molecular complexity index is 521. The molecule has 0 atom stereocenters. The third kappa shape index (κ3) is 2.29. The van der Waals surface area contributed by atoms with Gasteiger partial charge in [-0.2, -0.15) is 5.10 Å². The first kappa shape index (κ1) is 12.0. The molecule has 0 radical (unpaired) electrons. The highest BCUT2D eigenvalue weighted by atomic mass is 35.5. The van der Waals surface area contributed by atoms with E-state index >= 15 is 0 Å². The van der Waals surface area contributed by atoms with Gasteiger partial charge in [0.25, 0.3) is 0 Å². The number of nitrogens with two attached hydrogens (primary N) is 1. The molecule has 2 rings (SSSR count). The van der Waals surface area contributed by atoms with Gasteiger partial charge in [0, 0.05) is 16.0 Å². The SMILES string of the molecule is CC(C)(C)c1[nH]nc(N)c1-c1ccc(Cl)cc1. The van der Waals surface area contributed by atoms with Gasteiger partial charge in [-0.3, -0.25) is 5.10 Å². The molecule has 90 valence electrons. The van der Waals surface area contributed by atoms with Crippen LogP contribution in [0.2, 0.25) is 5.02 Å². The van der Waals surface area contributed by atoms with Crippen LogP contribution in [0, 0.1) is 0 Å². The lowest BCUT2D eigenvalue weighted by Crippen LogP contribution is -2.13. The first-order chi connectivity index (χ1) is 7.89. The summed E-state index contributed by atoms with van der Waals surface area (Å²) in [4.78, 5) is 0. The molecule has 0 saturated heterocycles. The standard InChI is InChI=1S/C13H16ClN3/c1-13(2,3)11-10(12(15)17-16-11)8-4-6-9(14)7-5-8/h4-7H,1-3H3,(H3,15,16,17). The average Bonchev–Trinajstić information content (AvgIpc) is 2.61. The van der Waals surface area contributed by atoms with E-state index in [4.69, 9.17) is 17.3 Å². The van der Waals surface area contributed by atoms with Crippen LogP contribution in [0.25, 0.3) is 11.1 Å². The van der Waals surface area contributed by atoms with Crippen molar-refractivity contribution in [1.82, 2.24) is 10.2 Å². The largest absolute Gasteiger partial charge is 0.382 e. The summed E-state index contributed by atoms with van der Waals surface area (Å²) in [6.45, 7) is 6.37. The van der Waals surface area contributed by atoms with Crippen molar-refractivity contribution in [2.24, 2.45) is 0 Å². The van der Waals surface area contributed by atoms with Crippen molar-refractivity contribution in [3.8, 4) is 11.1 Å². The molecule has 1 heterocycles. The lowest BCUT2D eigenvalue weighted by molar-refractivity contribution is 0.568. The molecule has 0 bridgehead atoms. The Morgan fingerprint density at radius 3 is 2.29 bits per heavy atom. The third-order valence-corrected chi connectivity index (χ3v) is 2.93. The summed E-state index contributed by atoms with van der Waals surface area (Å²) < 4.78 is 0. The van der Waals surface area contributed by atoms with Gasteiger partial charge < -0.3 is 5.73 Å². The summed E-state index contributed by atoms with van der Waals surface area (Å²) in [5.74, 6) is 0.525. The molecule has 2 aromatic rings. The van der Waals surface area contributed by atoms with Crippen molar-refractivity contribution in [3.63, 3.8) is 0 Å². The van der Waals surface area contributed by atoms with Crippen LogP contribution in [0.5, 0.6) is 0 Å². The van der Waals surface area contributed by atoms with Gasteiger partial charge in [-0.1, -0.05) is 44.5 Å². The van der Waals surface area contributed by atoms with Crippen molar-refractivity contribution < 1.29 is 0 Å². The Kier molecular flexibility index (Phi) is 2.87. The summed E-state index contributed by atoms with van der Waals surface area (Å²) >= 11 is 5.89. The lowest BCUT2D eigenvalue weighted by Gasteiger charge is -2.18. The van der Waals surface area contributed by atoms with E-state index in [1.54, 1.807) is 0 Å². The Hall–Kier alpha value is -1.48. The molecular formula is C13H16ClN3. The number of benzene rings is 1. The highest BCUT2D eigenvalue weighted by Crippen LogP contribution is 2.35. The molecule has 4 heteroatoms. The van der Waals surface area contributed by atoms with Gasteiger partial charge in [-0.25, -0.2) is 0 Å². The lowest BCUT2D eigenvalue weighted by atomic mass is 9.87. The molecule has 0 amide bonds. The van der Waals surface area contributed by atoms with Gasteiger partial charge in [0.05, 0.1) is 5.69 Å². The quantitative estimate of drug-likeness (QED) is 0.811. The third-order valence-electron chi connectivity index (χ3n) is 2.68. The van der Waals surface area contributed by atoms with Gasteiger partial charge in [0.1, 0.15) is 0 Å². The minimum Gasteiger partial charge on any atom is -0.382 e. The van der Waals surface area contributed by atoms with Crippen molar-refractivity contribution >= 4 is 17.4 Å². The van der Waals surface area contributed by atoms with Crippen LogP contribution < -0.4 is 5.73 Å². The van der Waals surface area contributed by atoms with Crippen molar-refractivity contribution in [3.05, 3.63) is 35.0 Å². The fourth-order valence-corrected chi connectivity index (χ4v) is 1.93. The van der Waals surface area contributed by atoms with E-state index < -0.39 is 0 Å². The Morgan fingerprint density at radius 1 is 1.18 bits per heavy atom. The minimum atomic E-state index is -0.0282. The van der Waals surface area contributed by atoms with Crippen LogP contribution in [0.4, 0.5) is 5.82 Å². The second-order valence-electron chi connectivity index (χ2n) is 5.12. The molecular weight excluding hydrogens is 234 g/mol. The van der Waals surface area contributed by atoms with E-state index in [1.165, 1.54) is 0 Å². The number of halogens is 1. The monoisotopic (exact) mass is 249 g/mol. The molecule has 0 aliphatic rings. The number of rotatable bonds is 1. The molecule has 3 nitrogen and oxygen atoms in total. The zero-order valence-electron chi connectivity index (χ0n) is 10.2. The van der Waals surface area contributed by atoms with Crippen LogP contribution in [-0.4, -0.2) is 10.2 Å². The Balaban J connectivity index is 2.59. The predicted octanol–water partition coefficient (Wildman–Crippen LogP) is 3.61. The second kappa shape index (κ2) is 4.08. The molecule has 0 spiro atoms. The van der Waals surface area contributed by atoms with E-state index in [2.05, 4.69) is 31.0 Å². The maximum atomic E-state index is 5.93. The maximum absolute atomic E-state index is 5.93. The molecule has 1 aromatic carbocycles. The molecule has 0 aliphatic carbocycles. The van der Waals surface area contributed by atoms with Crippen LogP contribution in [0.3, 0.4) is 0 Å². The van der Waals surface area contributed by atoms with E-state index in [1.807, 2.05) is 24.3 Å². The van der Waals surface area contributed by atoms with E-state index in [-0.39, 0.29) is 5.41 Å². The Morgan fingerprint density at radius 2 is 1.76 bits per heavy atom. The normalized spacial score (nSPS) is 11.8. The summed E-state index contributed by atoms with van der Waals surface area (Å²) in [7, 11) is 0. The number of H-pyrrole nitrogens is 1. The Labute approximate surface area is 106 Å². The summed E-state index contributed by atoms with van der Waals surface area (Å²) in [6.07, 6.45) is 0. The van der Waals surface area contributed by atoms with Gasteiger partial charge in [0.2, 0.25) is 0 Å². The van der Waals surface area contributed by atoms with Gasteiger partial charge in [-0.05, 0) is 17.7 Å². The topological polar surface area (TPSA) is 54.7 Å². The van der Waals surface area contributed by atoms with E-state index in [9.17, 15) is 0 Å². The molecule has 17 heavy (non-hydrogen) atoms. The fraction of sp³-hybridized carbons (Fsp3) is 0.308. The number of hydrogen-bond donors (Lipinski definition) is 2. The van der Waals surface area contributed by atoms with Gasteiger partial charge >= 0.3 is 0 Å². The summed E-state index contributed by atoms with van der Waals surface area (Å²) in [6, 6.07) is 7.63. The van der Waals surface area contributed by atoms with Crippen LogP contribution in [-0.2, 0) is 5.41 Å². The fourth-order valence-electron chi connectivity index (χ4n) is 1.81. The molecule has 1 aromatic heterocycles. The number of hydrogen-bond acceptors (Lipinski definition) is 2. The summed E-state index contributed by atoms with van der Waals surface area (Å²) in [5, 5.41) is 7.84. The van der Waals surface area contributed by atoms with Crippen LogP contribution >= 0.6 is 11.6 Å². The summed E-state index contributed by atoms with van der Waals surface area (Å²) in [5.41, 5.74) is 8.94. The number of aromatic amines is 1. The highest BCUT2D eigenvalue weighted by molar-refractivity contribution is 6.30. The van der Waals surface area contributed by atoms with Crippen LogP contribution in [0.1, 0.15) is 26.5 Å². The first-order valence-corrected chi connectivity index (χ1v) is 5.87. The van der Waals surface area contributed by atoms with Crippen molar-refractivity contribution in [1.29, 1.82) is 0 Å². The zero-order chi connectivity index (χ0) is 12.6. The predicted molar refractivity (Wildman–Crippen MR) is 72.1 cm³/mol. The number of aromatic nitrogens is 2. The number of nitrogens with zero attached hydrogens (tertiary/aromatic N) is 1. The van der Waals surface area contributed by atoms with E-state index in [0.29, 0.717) is 10.8 Å².